The molecule has 0 aromatic carbocycles. The lowest BCUT2D eigenvalue weighted by atomic mass is 9.62. The summed E-state index contributed by atoms with van der Waals surface area (Å²) in [5, 5.41) is 0. The van der Waals surface area contributed by atoms with E-state index in [9.17, 15) is 74.6 Å². The van der Waals surface area contributed by atoms with E-state index in [1.807, 2.05) is 6.92 Å². The van der Waals surface area contributed by atoms with E-state index >= 15 is 0 Å². The Morgan fingerprint density at radius 1 is 0.466 bits per heavy atom. The summed E-state index contributed by atoms with van der Waals surface area (Å²) in [6.45, 7) is 14.0. The molecule has 15 unspecified atom stereocenters. The fourth-order valence-corrected chi connectivity index (χ4v) is 11.8. The van der Waals surface area contributed by atoms with Gasteiger partial charge in [-0.3, -0.25) is 0 Å². The van der Waals surface area contributed by atoms with E-state index in [-0.39, 0.29) is 18.8 Å². The molecular weight excluding hydrogens is 819 g/mol. The maximum Gasteiger partial charge on any atom is 0.403 e. The number of alkyl halides is 17. The molecule has 6 rings (SSSR count). The van der Waals surface area contributed by atoms with Gasteiger partial charge in [0.1, 0.15) is 6.10 Å². The quantitative estimate of drug-likeness (QED) is 0.250. The van der Waals surface area contributed by atoms with Crippen molar-refractivity contribution in [3.8, 4) is 0 Å². The van der Waals surface area contributed by atoms with Crippen LogP contribution in [0.2, 0.25) is 0 Å². The van der Waals surface area contributed by atoms with Gasteiger partial charge in [0.05, 0.1) is 17.4 Å². The molecule has 2 heterocycles. The minimum atomic E-state index is -5.85. The normalized spacial score (nSPS) is 40.1. The van der Waals surface area contributed by atoms with Crippen LogP contribution in [0.3, 0.4) is 0 Å². The highest BCUT2D eigenvalue weighted by molar-refractivity contribution is 5.15. The van der Waals surface area contributed by atoms with Gasteiger partial charge in [0.2, 0.25) is 0 Å². The minimum Gasteiger partial charge on any atom is -0.368 e. The van der Waals surface area contributed by atoms with Gasteiger partial charge in [-0.25, -0.2) is 8.78 Å². The summed E-state index contributed by atoms with van der Waals surface area (Å²) in [4.78, 5) is 0. The zero-order valence-electron chi connectivity index (χ0n) is 34.2. The molecule has 2 aliphatic heterocycles. The molecule has 0 aromatic heterocycles. The minimum absolute atomic E-state index is 0.0130. The van der Waals surface area contributed by atoms with Gasteiger partial charge in [0.25, 0.3) is 5.92 Å². The first kappa shape index (κ1) is 49.4. The van der Waals surface area contributed by atoms with Gasteiger partial charge in [-0.05, 0) is 123 Å². The van der Waals surface area contributed by atoms with Crippen LogP contribution in [0, 0.1) is 93.2 Å². The van der Waals surface area contributed by atoms with E-state index in [4.69, 9.17) is 4.74 Å². The maximum atomic E-state index is 14.2. The Kier molecular flexibility index (Phi) is 13.0. The average molecular weight is 877 g/mol. The molecule has 0 aromatic rings. The van der Waals surface area contributed by atoms with Crippen molar-refractivity contribution < 1.29 is 79.4 Å². The summed E-state index contributed by atoms with van der Waals surface area (Å²) in [7, 11) is 0. The Balaban J connectivity index is 0.000000194. The summed E-state index contributed by atoms with van der Waals surface area (Å²) in [6, 6.07) is 0. The van der Waals surface area contributed by atoms with Gasteiger partial charge in [-0.15, -0.1) is 0 Å². The fourth-order valence-electron chi connectivity index (χ4n) is 11.8. The summed E-state index contributed by atoms with van der Waals surface area (Å²) < 4.78 is 228. The molecule has 58 heavy (non-hydrogen) atoms. The Hall–Kier alpha value is -1.23. The molecule has 0 amide bonds. The highest BCUT2D eigenvalue weighted by atomic mass is 19.4. The second kappa shape index (κ2) is 15.2. The molecule has 2 saturated heterocycles. The van der Waals surface area contributed by atoms with Gasteiger partial charge in [-0.2, -0.15) is 65.9 Å². The van der Waals surface area contributed by atoms with E-state index in [2.05, 4.69) is 20.8 Å². The standard InChI is InChI=1S/C14H20F6.C14H23F3.C12H14F8O/c1-7-8(2)11-5-9(7)4-10(11)6-12(3,13(15,16)17)14(18,19)20;1-8-9(2)12-6-10(8)5-11(12)7-13(3,4)14(15,16)17;1-4-5(2)8-10(13,14)7(6(4)21-8)9(3,11(15,16)17)12(18,19)20/h7-11H,4-6H2,1-3H3;8-12H,5-7H2,1-4H3;4-8H,1-3H3. The van der Waals surface area contributed by atoms with Crippen molar-refractivity contribution in [1.29, 1.82) is 0 Å². The van der Waals surface area contributed by atoms with Crippen LogP contribution in [0.25, 0.3) is 0 Å². The highest BCUT2D eigenvalue weighted by Gasteiger charge is 2.82. The average Bonchev–Trinajstić information content (AvgIpc) is 3.85. The molecule has 4 aliphatic carbocycles. The van der Waals surface area contributed by atoms with Crippen LogP contribution >= 0.6 is 0 Å². The van der Waals surface area contributed by atoms with Crippen LogP contribution in [0.1, 0.15) is 108 Å². The smallest absolute Gasteiger partial charge is 0.368 e. The third-order valence-electron chi connectivity index (χ3n) is 16.6. The lowest BCUT2D eigenvalue weighted by Crippen LogP contribution is -2.63. The van der Waals surface area contributed by atoms with Crippen molar-refractivity contribution in [2.24, 2.45) is 93.2 Å². The first-order valence-electron chi connectivity index (χ1n) is 20.1. The van der Waals surface area contributed by atoms with Crippen molar-refractivity contribution in [1.82, 2.24) is 0 Å². The van der Waals surface area contributed by atoms with Crippen molar-refractivity contribution in [2.45, 2.75) is 157 Å². The second-order valence-electron chi connectivity index (χ2n) is 20.0. The summed E-state index contributed by atoms with van der Waals surface area (Å²) in [5.74, 6) is -5.42. The van der Waals surface area contributed by atoms with Gasteiger partial charge in [0, 0.05) is 0 Å². The zero-order valence-corrected chi connectivity index (χ0v) is 34.2. The third-order valence-corrected chi connectivity index (χ3v) is 16.6. The molecular formula is C40H57F17O. The molecule has 0 spiro atoms. The van der Waals surface area contributed by atoms with Crippen LogP contribution in [0.4, 0.5) is 74.6 Å². The third kappa shape index (κ3) is 8.11. The van der Waals surface area contributed by atoms with Gasteiger partial charge in [0.15, 0.2) is 10.8 Å². The van der Waals surface area contributed by atoms with E-state index in [1.165, 1.54) is 34.1 Å². The number of fused-ring (bicyclic) bond motifs is 6. The Morgan fingerprint density at radius 2 is 0.845 bits per heavy atom. The SMILES string of the molecule is CC1C(C)C2OC1C(C(C)(C(F)(F)F)C(F)(F)F)C2(F)F.CC1C2CC(CC(C)(C(F)(F)F)C(F)(F)F)C(C2)C1C.CC1C2CC(CC(C)(C)C(F)(F)F)C(C2)C1C. The number of hydrogen-bond donors (Lipinski definition) is 0. The molecule has 342 valence electrons. The molecule has 6 bridgehead atoms. The van der Waals surface area contributed by atoms with E-state index in [0.717, 1.165) is 12.8 Å². The largest absolute Gasteiger partial charge is 0.403 e. The van der Waals surface area contributed by atoms with E-state index in [1.54, 1.807) is 0 Å². The molecule has 18 heteroatoms. The predicted octanol–water partition coefficient (Wildman–Crippen LogP) is 14.8. The fraction of sp³-hybridized carbons (Fsp3) is 1.00. The van der Waals surface area contributed by atoms with Crippen molar-refractivity contribution in [2.75, 3.05) is 0 Å². The van der Waals surface area contributed by atoms with Gasteiger partial charge in [-0.1, -0.05) is 55.4 Å². The molecule has 0 radical (unpaired) electrons. The van der Waals surface area contributed by atoms with Crippen molar-refractivity contribution >= 4 is 0 Å². The zero-order chi connectivity index (χ0) is 45.1. The maximum absolute atomic E-state index is 14.2. The molecule has 1 nitrogen and oxygen atoms in total. The van der Waals surface area contributed by atoms with Crippen LogP contribution in [0.15, 0.2) is 0 Å². The van der Waals surface area contributed by atoms with Crippen LogP contribution in [-0.2, 0) is 4.74 Å². The van der Waals surface area contributed by atoms with Crippen molar-refractivity contribution in [3.63, 3.8) is 0 Å². The highest BCUT2D eigenvalue weighted by Crippen LogP contribution is 2.68. The van der Waals surface area contributed by atoms with E-state index in [0.29, 0.717) is 61.2 Å². The molecule has 6 fully saturated rings. The van der Waals surface area contributed by atoms with Crippen molar-refractivity contribution in [3.05, 3.63) is 0 Å². The first-order chi connectivity index (χ1) is 25.7. The molecule has 0 N–H and O–H groups in total. The summed E-state index contributed by atoms with van der Waals surface area (Å²) in [5.41, 5.74) is -9.62. The van der Waals surface area contributed by atoms with Crippen LogP contribution < -0.4 is 0 Å². The van der Waals surface area contributed by atoms with Crippen LogP contribution in [-0.4, -0.2) is 49.0 Å². The van der Waals surface area contributed by atoms with Gasteiger partial charge < -0.3 is 4.74 Å². The topological polar surface area (TPSA) is 9.23 Å². The number of ether oxygens (including phenoxy) is 1. The first-order valence-corrected chi connectivity index (χ1v) is 20.1. The summed E-state index contributed by atoms with van der Waals surface area (Å²) >= 11 is 0. The Morgan fingerprint density at radius 3 is 1.14 bits per heavy atom. The second-order valence-corrected chi connectivity index (χ2v) is 20.0. The number of rotatable bonds is 5. The monoisotopic (exact) mass is 876 g/mol. The van der Waals surface area contributed by atoms with E-state index < -0.39 is 95.3 Å². The Bertz CT molecular complexity index is 1390. The van der Waals surface area contributed by atoms with Gasteiger partial charge >= 0.3 is 30.9 Å². The molecule has 6 aliphatic rings. The number of hydrogen-bond acceptors (Lipinski definition) is 1. The summed E-state index contributed by atoms with van der Waals surface area (Å²) in [6.07, 6.45) is -27.0. The molecule has 4 saturated carbocycles. The Labute approximate surface area is 329 Å². The molecule has 15 atom stereocenters. The number of halogens is 17. The lowest BCUT2D eigenvalue weighted by Gasteiger charge is -2.46. The predicted molar refractivity (Wildman–Crippen MR) is 181 cm³/mol. The lowest BCUT2D eigenvalue weighted by molar-refractivity contribution is -0.372. The van der Waals surface area contributed by atoms with Crippen LogP contribution in [0.5, 0.6) is 0 Å².